The molecule has 0 radical (unpaired) electrons. The van der Waals surface area contributed by atoms with Crippen molar-refractivity contribution in [2.45, 2.75) is 6.92 Å². The van der Waals surface area contributed by atoms with E-state index in [1.54, 1.807) is 30.3 Å². The Labute approximate surface area is 101 Å². The highest BCUT2D eigenvalue weighted by Gasteiger charge is 2.14. The Morgan fingerprint density at radius 3 is 2.88 bits per heavy atom. The van der Waals surface area contributed by atoms with Crippen molar-refractivity contribution in [3.05, 3.63) is 29.6 Å². The first-order chi connectivity index (χ1) is 8.19. The molecule has 1 aromatic heterocycles. The Balaban J connectivity index is 2.76. The van der Waals surface area contributed by atoms with Crippen LogP contribution in [0.3, 0.4) is 0 Å². The van der Waals surface area contributed by atoms with Gasteiger partial charge in [-0.3, -0.25) is 9.78 Å². The van der Waals surface area contributed by atoms with Gasteiger partial charge in [0.1, 0.15) is 0 Å². The number of aryl methyl sites for hydroxylation is 1. The van der Waals surface area contributed by atoms with E-state index in [0.717, 1.165) is 5.69 Å². The van der Waals surface area contributed by atoms with E-state index in [4.69, 9.17) is 9.84 Å². The van der Waals surface area contributed by atoms with E-state index in [9.17, 15) is 4.79 Å². The van der Waals surface area contributed by atoms with Crippen molar-refractivity contribution in [2.75, 3.05) is 33.4 Å². The van der Waals surface area contributed by atoms with E-state index >= 15 is 0 Å². The molecule has 0 fully saturated rings. The zero-order valence-electron chi connectivity index (χ0n) is 10.2. The van der Waals surface area contributed by atoms with Gasteiger partial charge < -0.3 is 14.7 Å². The van der Waals surface area contributed by atoms with Crippen molar-refractivity contribution in [2.24, 2.45) is 0 Å². The maximum absolute atomic E-state index is 12.1. The van der Waals surface area contributed by atoms with Gasteiger partial charge >= 0.3 is 0 Å². The quantitative estimate of drug-likeness (QED) is 0.782. The number of hydrogen-bond acceptors (Lipinski definition) is 4. The molecule has 1 amide bonds. The summed E-state index contributed by atoms with van der Waals surface area (Å²) < 4.78 is 4.94. The van der Waals surface area contributed by atoms with Crippen LogP contribution in [-0.2, 0) is 4.74 Å². The van der Waals surface area contributed by atoms with Gasteiger partial charge in [0.25, 0.3) is 5.91 Å². The lowest BCUT2D eigenvalue weighted by molar-refractivity contribution is 0.0656. The van der Waals surface area contributed by atoms with Gasteiger partial charge in [-0.1, -0.05) is 0 Å². The molecule has 0 aliphatic heterocycles. The molecule has 1 heterocycles. The highest BCUT2D eigenvalue weighted by Crippen LogP contribution is 2.05. The van der Waals surface area contributed by atoms with Crippen LogP contribution in [-0.4, -0.2) is 54.3 Å². The molecule has 0 saturated heterocycles. The molecule has 0 aliphatic rings. The first-order valence-corrected chi connectivity index (χ1v) is 5.50. The summed E-state index contributed by atoms with van der Waals surface area (Å²) in [5, 5.41) is 8.94. The molecular weight excluding hydrogens is 220 g/mol. The number of hydrogen-bond donors (Lipinski definition) is 1. The van der Waals surface area contributed by atoms with Crippen molar-refractivity contribution in [1.82, 2.24) is 9.88 Å². The van der Waals surface area contributed by atoms with Crippen LogP contribution in [0, 0.1) is 6.92 Å². The molecule has 1 rings (SSSR count). The molecule has 5 nitrogen and oxygen atoms in total. The molecule has 0 aromatic carbocycles. The van der Waals surface area contributed by atoms with Crippen molar-refractivity contribution in [3.63, 3.8) is 0 Å². The molecule has 0 bridgehead atoms. The fraction of sp³-hybridized carbons (Fsp3) is 0.500. The molecule has 0 spiro atoms. The van der Waals surface area contributed by atoms with Crippen LogP contribution >= 0.6 is 0 Å². The number of aliphatic hydroxyl groups excluding tert-OH is 1. The van der Waals surface area contributed by atoms with Gasteiger partial charge in [0.05, 0.1) is 13.2 Å². The Bertz CT molecular complexity index is 369. The Morgan fingerprint density at radius 1 is 1.53 bits per heavy atom. The molecule has 0 unspecified atom stereocenters. The molecule has 0 saturated carbocycles. The maximum Gasteiger partial charge on any atom is 0.254 e. The van der Waals surface area contributed by atoms with Crippen LogP contribution in [0.4, 0.5) is 0 Å². The second-order valence-corrected chi connectivity index (χ2v) is 3.69. The summed E-state index contributed by atoms with van der Waals surface area (Å²) in [6.45, 7) is 3.01. The van der Waals surface area contributed by atoms with E-state index in [1.807, 2.05) is 6.92 Å². The lowest BCUT2D eigenvalue weighted by Crippen LogP contribution is -2.36. The fourth-order valence-corrected chi connectivity index (χ4v) is 1.50. The zero-order valence-corrected chi connectivity index (χ0v) is 10.2. The topological polar surface area (TPSA) is 62.7 Å². The molecule has 5 heteroatoms. The smallest absolute Gasteiger partial charge is 0.254 e. The van der Waals surface area contributed by atoms with E-state index in [0.29, 0.717) is 25.3 Å². The third-order valence-corrected chi connectivity index (χ3v) is 2.37. The van der Waals surface area contributed by atoms with Crippen molar-refractivity contribution >= 4 is 5.91 Å². The second kappa shape index (κ2) is 6.98. The summed E-state index contributed by atoms with van der Waals surface area (Å²) in [6.07, 6.45) is 1.61. The standard InChI is InChI=1S/C12H18N2O3/c1-10-9-11(3-4-13-10)12(16)14(5-7-15)6-8-17-2/h3-4,9,15H,5-8H2,1-2H3. The average molecular weight is 238 g/mol. The lowest BCUT2D eigenvalue weighted by atomic mass is 10.2. The van der Waals surface area contributed by atoms with E-state index in [1.165, 1.54) is 0 Å². The minimum absolute atomic E-state index is 0.0560. The fourth-order valence-electron chi connectivity index (χ4n) is 1.50. The van der Waals surface area contributed by atoms with Crippen LogP contribution in [0.25, 0.3) is 0 Å². The first-order valence-electron chi connectivity index (χ1n) is 5.50. The monoisotopic (exact) mass is 238 g/mol. The van der Waals surface area contributed by atoms with Crippen molar-refractivity contribution in [3.8, 4) is 0 Å². The molecule has 1 N–H and O–H groups in total. The number of aliphatic hydroxyl groups is 1. The molecule has 1 aromatic rings. The number of pyridine rings is 1. The van der Waals surface area contributed by atoms with Crippen LogP contribution in [0.1, 0.15) is 16.1 Å². The number of carbonyl (C=O) groups is 1. The predicted molar refractivity (Wildman–Crippen MR) is 63.8 cm³/mol. The highest BCUT2D eigenvalue weighted by molar-refractivity contribution is 5.94. The third kappa shape index (κ3) is 4.13. The Hall–Kier alpha value is -1.46. The maximum atomic E-state index is 12.1. The minimum atomic E-state index is -0.110. The van der Waals surface area contributed by atoms with Gasteiger partial charge in [-0.25, -0.2) is 0 Å². The van der Waals surface area contributed by atoms with E-state index < -0.39 is 0 Å². The van der Waals surface area contributed by atoms with Gasteiger partial charge in [-0.05, 0) is 19.1 Å². The van der Waals surface area contributed by atoms with Crippen molar-refractivity contribution < 1.29 is 14.6 Å². The SMILES string of the molecule is COCCN(CCO)C(=O)c1ccnc(C)c1. The number of methoxy groups -OCH3 is 1. The normalized spacial score (nSPS) is 10.3. The summed E-state index contributed by atoms with van der Waals surface area (Å²) >= 11 is 0. The van der Waals surface area contributed by atoms with Crippen LogP contribution in [0.5, 0.6) is 0 Å². The molecule has 17 heavy (non-hydrogen) atoms. The number of amides is 1. The van der Waals surface area contributed by atoms with Gasteiger partial charge in [0.15, 0.2) is 0 Å². The molecule has 94 valence electrons. The van der Waals surface area contributed by atoms with Gasteiger partial charge in [-0.15, -0.1) is 0 Å². The number of aromatic nitrogens is 1. The summed E-state index contributed by atoms with van der Waals surface area (Å²) in [4.78, 5) is 17.7. The Kier molecular flexibility index (Phi) is 5.59. The van der Waals surface area contributed by atoms with Crippen molar-refractivity contribution in [1.29, 1.82) is 0 Å². The summed E-state index contributed by atoms with van der Waals surface area (Å²) in [6, 6.07) is 3.41. The third-order valence-electron chi connectivity index (χ3n) is 2.37. The van der Waals surface area contributed by atoms with Gasteiger partial charge in [-0.2, -0.15) is 0 Å². The van der Waals surface area contributed by atoms with Gasteiger partial charge in [0, 0.05) is 37.7 Å². The Morgan fingerprint density at radius 2 is 2.29 bits per heavy atom. The first kappa shape index (κ1) is 13.6. The number of nitrogens with zero attached hydrogens (tertiary/aromatic N) is 2. The van der Waals surface area contributed by atoms with Gasteiger partial charge in [0.2, 0.25) is 0 Å². The second-order valence-electron chi connectivity index (χ2n) is 3.69. The highest BCUT2D eigenvalue weighted by atomic mass is 16.5. The average Bonchev–Trinajstić information content (AvgIpc) is 2.33. The van der Waals surface area contributed by atoms with E-state index in [-0.39, 0.29) is 12.5 Å². The summed E-state index contributed by atoms with van der Waals surface area (Å²) in [7, 11) is 1.58. The van der Waals surface area contributed by atoms with E-state index in [2.05, 4.69) is 4.98 Å². The largest absolute Gasteiger partial charge is 0.395 e. The predicted octanol–water partition coefficient (Wildman–Crippen LogP) is 0.471. The summed E-state index contributed by atoms with van der Waals surface area (Å²) in [5.41, 5.74) is 1.38. The minimum Gasteiger partial charge on any atom is -0.395 e. The zero-order chi connectivity index (χ0) is 12.7. The number of rotatable bonds is 6. The number of carbonyl (C=O) groups excluding carboxylic acids is 1. The molecular formula is C12H18N2O3. The molecule has 0 aliphatic carbocycles. The number of ether oxygens (including phenoxy) is 1. The molecule has 0 atom stereocenters. The summed E-state index contributed by atoms with van der Waals surface area (Å²) in [5.74, 6) is -0.110. The van der Waals surface area contributed by atoms with Crippen LogP contribution in [0.2, 0.25) is 0 Å². The lowest BCUT2D eigenvalue weighted by Gasteiger charge is -2.21. The van der Waals surface area contributed by atoms with Crippen LogP contribution in [0.15, 0.2) is 18.3 Å². The van der Waals surface area contributed by atoms with Crippen LogP contribution < -0.4 is 0 Å².